The van der Waals surface area contributed by atoms with E-state index in [-0.39, 0.29) is 6.67 Å². The first kappa shape index (κ1) is 8.25. The molecule has 0 N–H and O–H groups in total. The van der Waals surface area contributed by atoms with Crippen LogP contribution in [0.5, 0.6) is 0 Å². The third-order valence-corrected chi connectivity index (χ3v) is 2.02. The number of benzene rings is 1. The Kier molecular flexibility index (Phi) is 2.64. The van der Waals surface area contributed by atoms with Crippen molar-refractivity contribution in [3.63, 3.8) is 0 Å². The fourth-order valence-corrected chi connectivity index (χ4v) is 1.29. The van der Waals surface area contributed by atoms with Crippen molar-refractivity contribution in [2.45, 2.75) is 26.9 Å². The second kappa shape index (κ2) is 3.51. The van der Waals surface area contributed by atoms with Gasteiger partial charge in [-0.25, -0.2) is 4.39 Å². The molecule has 0 unspecified atom stereocenters. The minimum Gasteiger partial charge on any atom is -0.246 e. The van der Waals surface area contributed by atoms with E-state index in [9.17, 15) is 4.39 Å². The van der Waals surface area contributed by atoms with E-state index in [4.69, 9.17) is 0 Å². The van der Waals surface area contributed by atoms with Gasteiger partial charge in [0.25, 0.3) is 0 Å². The molecule has 1 aromatic rings. The summed E-state index contributed by atoms with van der Waals surface area (Å²) in [6.45, 7) is 3.66. The standard InChI is InChI=1S/C10H13F/c1-3-9-6-4-5-8(2)10(9)7-11/h4-6H,3,7H2,1-2H3. The number of hydrogen-bond donors (Lipinski definition) is 0. The molecule has 0 aliphatic carbocycles. The molecule has 0 aliphatic heterocycles. The van der Waals surface area contributed by atoms with Crippen LogP contribution in [0.15, 0.2) is 18.2 Å². The molecule has 0 saturated carbocycles. The first-order valence-corrected chi connectivity index (χ1v) is 3.93. The first-order chi connectivity index (χ1) is 5.29. The van der Waals surface area contributed by atoms with E-state index in [2.05, 4.69) is 0 Å². The van der Waals surface area contributed by atoms with Gasteiger partial charge in [-0.05, 0) is 30.0 Å². The molecule has 0 atom stereocenters. The van der Waals surface area contributed by atoms with E-state index in [1.165, 1.54) is 0 Å². The molecule has 0 nitrogen and oxygen atoms in total. The van der Waals surface area contributed by atoms with Gasteiger partial charge < -0.3 is 0 Å². The summed E-state index contributed by atoms with van der Waals surface area (Å²) in [5, 5.41) is 0. The van der Waals surface area contributed by atoms with Crippen molar-refractivity contribution in [1.82, 2.24) is 0 Å². The quantitative estimate of drug-likeness (QED) is 0.611. The lowest BCUT2D eigenvalue weighted by Crippen LogP contribution is -1.92. The Morgan fingerprint density at radius 1 is 1.36 bits per heavy atom. The highest BCUT2D eigenvalue weighted by molar-refractivity contribution is 5.33. The average Bonchev–Trinajstić information content (AvgIpc) is 2.04. The van der Waals surface area contributed by atoms with Crippen molar-refractivity contribution in [3.8, 4) is 0 Å². The first-order valence-electron chi connectivity index (χ1n) is 3.93. The van der Waals surface area contributed by atoms with Crippen LogP contribution in [0, 0.1) is 6.92 Å². The highest BCUT2D eigenvalue weighted by Crippen LogP contribution is 2.15. The predicted octanol–water partition coefficient (Wildman–Crippen LogP) is 3.03. The zero-order chi connectivity index (χ0) is 8.27. The molecule has 0 aromatic heterocycles. The number of halogens is 1. The van der Waals surface area contributed by atoms with Gasteiger partial charge in [0.05, 0.1) is 0 Å². The van der Waals surface area contributed by atoms with E-state index in [0.717, 1.165) is 23.1 Å². The Balaban J connectivity index is 3.13. The zero-order valence-electron chi connectivity index (χ0n) is 7.02. The van der Waals surface area contributed by atoms with Crippen LogP contribution in [0.1, 0.15) is 23.6 Å². The summed E-state index contributed by atoms with van der Waals surface area (Å²) in [5.74, 6) is 0. The molecular formula is C10H13F. The molecule has 0 amide bonds. The molecular weight excluding hydrogens is 139 g/mol. The molecule has 0 fully saturated rings. The summed E-state index contributed by atoms with van der Waals surface area (Å²) < 4.78 is 12.4. The summed E-state index contributed by atoms with van der Waals surface area (Å²) >= 11 is 0. The number of alkyl halides is 1. The lowest BCUT2D eigenvalue weighted by molar-refractivity contribution is 0.481. The predicted molar refractivity (Wildman–Crippen MR) is 45.4 cm³/mol. The Morgan fingerprint density at radius 2 is 2.09 bits per heavy atom. The SMILES string of the molecule is CCc1cccc(C)c1CF. The molecule has 1 aromatic carbocycles. The van der Waals surface area contributed by atoms with Crippen molar-refractivity contribution in [2.75, 3.05) is 0 Å². The number of rotatable bonds is 2. The van der Waals surface area contributed by atoms with E-state index < -0.39 is 0 Å². The molecule has 1 heteroatoms. The van der Waals surface area contributed by atoms with Crippen molar-refractivity contribution < 1.29 is 4.39 Å². The van der Waals surface area contributed by atoms with Crippen molar-refractivity contribution in [1.29, 1.82) is 0 Å². The van der Waals surface area contributed by atoms with Gasteiger partial charge in [0.15, 0.2) is 0 Å². The van der Waals surface area contributed by atoms with Crippen LogP contribution in [0.25, 0.3) is 0 Å². The molecule has 60 valence electrons. The number of hydrogen-bond acceptors (Lipinski definition) is 0. The van der Waals surface area contributed by atoms with Crippen molar-refractivity contribution >= 4 is 0 Å². The molecule has 0 heterocycles. The van der Waals surface area contributed by atoms with Crippen LogP contribution in [0.4, 0.5) is 4.39 Å². The molecule has 0 saturated heterocycles. The monoisotopic (exact) mass is 152 g/mol. The second-order valence-electron chi connectivity index (χ2n) is 2.70. The lowest BCUT2D eigenvalue weighted by atomic mass is 10.0. The van der Waals surface area contributed by atoms with Gasteiger partial charge in [0.1, 0.15) is 6.67 Å². The van der Waals surface area contributed by atoms with Crippen LogP contribution in [-0.4, -0.2) is 0 Å². The van der Waals surface area contributed by atoms with Crippen molar-refractivity contribution in [2.24, 2.45) is 0 Å². The van der Waals surface area contributed by atoms with Crippen LogP contribution >= 0.6 is 0 Å². The maximum atomic E-state index is 12.4. The Hall–Kier alpha value is -0.850. The Labute approximate surface area is 67.1 Å². The van der Waals surface area contributed by atoms with Crippen LogP contribution in [0.2, 0.25) is 0 Å². The fraction of sp³-hybridized carbons (Fsp3) is 0.400. The molecule has 1 rings (SSSR count). The highest BCUT2D eigenvalue weighted by atomic mass is 19.1. The Morgan fingerprint density at radius 3 is 2.55 bits per heavy atom. The molecule has 0 radical (unpaired) electrons. The third kappa shape index (κ3) is 1.59. The Bertz CT molecular complexity index is 241. The topological polar surface area (TPSA) is 0 Å². The maximum absolute atomic E-state index is 12.4. The minimum atomic E-state index is -0.337. The molecule has 11 heavy (non-hydrogen) atoms. The van der Waals surface area contributed by atoms with E-state index in [0.29, 0.717) is 0 Å². The third-order valence-electron chi connectivity index (χ3n) is 2.02. The zero-order valence-corrected chi connectivity index (χ0v) is 7.02. The second-order valence-corrected chi connectivity index (χ2v) is 2.70. The summed E-state index contributed by atoms with van der Waals surface area (Å²) in [6, 6.07) is 5.92. The van der Waals surface area contributed by atoms with Gasteiger partial charge in [-0.15, -0.1) is 0 Å². The number of aryl methyl sites for hydroxylation is 2. The van der Waals surface area contributed by atoms with E-state index in [1.807, 2.05) is 32.0 Å². The molecule has 0 bridgehead atoms. The lowest BCUT2D eigenvalue weighted by Gasteiger charge is -2.06. The summed E-state index contributed by atoms with van der Waals surface area (Å²) in [7, 11) is 0. The van der Waals surface area contributed by atoms with Crippen LogP contribution < -0.4 is 0 Å². The summed E-state index contributed by atoms with van der Waals surface area (Å²) in [4.78, 5) is 0. The smallest absolute Gasteiger partial charge is 0.115 e. The maximum Gasteiger partial charge on any atom is 0.115 e. The van der Waals surface area contributed by atoms with Gasteiger partial charge in [0, 0.05) is 0 Å². The highest BCUT2D eigenvalue weighted by Gasteiger charge is 2.01. The fourth-order valence-electron chi connectivity index (χ4n) is 1.29. The van der Waals surface area contributed by atoms with Crippen molar-refractivity contribution in [3.05, 3.63) is 34.9 Å². The van der Waals surface area contributed by atoms with E-state index in [1.54, 1.807) is 0 Å². The van der Waals surface area contributed by atoms with Gasteiger partial charge in [-0.2, -0.15) is 0 Å². The largest absolute Gasteiger partial charge is 0.246 e. The van der Waals surface area contributed by atoms with Gasteiger partial charge >= 0.3 is 0 Å². The van der Waals surface area contributed by atoms with Gasteiger partial charge in [0.2, 0.25) is 0 Å². The molecule has 0 spiro atoms. The van der Waals surface area contributed by atoms with Crippen LogP contribution in [0.3, 0.4) is 0 Å². The normalized spacial score (nSPS) is 10.1. The summed E-state index contributed by atoms with van der Waals surface area (Å²) in [6.07, 6.45) is 0.918. The minimum absolute atomic E-state index is 0.337. The van der Waals surface area contributed by atoms with Gasteiger partial charge in [-0.3, -0.25) is 0 Å². The summed E-state index contributed by atoms with van der Waals surface area (Å²) in [5.41, 5.74) is 3.06. The molecule has 0 aliphatic rings. The van der Waals surface area contributed by atoms with Gasteiger partial charge in [-0.1, -0.05) is 25.1 Å². The van der Waals surface area contributed by atoms with Crippen LogP contribution in [-0.2, 0) is 13.1 Å². The average molecular weight is 152 g/mol. The van der Waals surface area contributed by atoms with E-state index >= 15 is 0 Å².